The average molecular weight is 376 g/mol. The molecule has 1 aromatic heterocycles. The van der Waals surface area contributed by atoms with Crippen molar-refractivity contribution in [3.63, 3.8) is 0 Å². The maximum atomic E-state index is 11.8. The van der Waals surface area contributed by atoms with Crippen molar-refractivity contribution in [1.82, 2.24) is 5.32 Å². The molecule has 0 unspecified atom stereocenters. The Hall–Kier alpha value is -2.38. The molecule has 0 atom stereocenters. The van der Waals surface area contributed by atoms with Crippen LogP contribution in [0.3, 0.4) is 0 Å². The SMILES string of the molecule is CCCCOCCCNCc1cc(=O)oc2cc(NC(=O)OCC)ccc12. The van der Waals surface area contributed by atoms with E-state index in [1.165, 1.54) is 6.07 Å². The van der Waals surface area contributed by atoms with E-state index in [9.17, 15) is 9.59 Å². The van der Waals surface area contributed by atoms with Crippen molar-refractivity contribution in [1.29, 1.82) is 0 Å². The van der Waals surface area contributed by atoms with Crippen LogP contribution in [0, 0.1) is 0 Å². The van der Waals surface area contributed by atoms with Crippen LogP contribution < -0.4 is 16.3 Å². The number of unbranched alkanes of at least 4 members (excludes halogenated alkanes) is 1. The van der Waals surface area contributed by atoms with Crippen LogP contribution in [0.5, 0.6) is 0 Å². The van der Waals surface area contributed by atoms with Crippen molar-refractivity contribution in [3.8, 4) is 0 Å². The molecule has 0 aliphatic heterocycles. The van der Waals surface area contributed by atoms with Crippen LogP contribution in [0.25, 0.3) is 11.0 Å². The molecule has 1 aromatic carbocycles. The van der Waals surface area contributed by atoms with Crippen molar-refractivity contribution in [2.45, 2.75) is 39.7 Å². The summed E-state index contributed by atoms with van der Waals surface area (Å²) < 4.78 is 15.6. The highest BCUT2D eigenvalue weighted by atomic mass is 16.5. The molecular weight excluding hydrogens is 348 g/mol. The largest absolute Gasteiger partial charge is 0.450 e. The molecule has 0 aliphatic carbocycles. The van der Waals surface area contributed by atoms with Gasteiger partial charge in [0.05, 0.1) is 6.61 Å². The first-order chi connectivity index (χ1) is 13.1. The minimum atomic E-state index is -0.543. The lowest BCUT2D eigenvalue weighted by molar-refractivity contribution is 0.129. The molecule has 0 fully saturated rings. The minimum Gasteiger partial charge on any atom is -0.450 e. The van der Waals surface area contributed by atoms with Crippen LogP contribution in [-0.4, -0.2) is 32.5 Å². The molecule has 148 valence electrons. The van der Waals surface area contributed by atoms with E-state index >= 15 is 0 Å². The molecule has 0 saturated heterocycles. The van der Waals surface area contributed by atoms with Gasteiger partial charge in [-0.15, -0.1) is 0 Å². The molecule has 0 saturated carbocycles. The number of carbonyl (C=O) groups excluding carboxylic acids is 1. The Bertz CT molecular complexity index is 788. The standard InChI is InChI=1S/C20H28N2O5/c1-3-5-10-25-11-6-9-21-14-15-12-19(23)27-18-13-16(7-8-17(15)18)22-20(24)26-4-2/h7-8,12-13,21H,3-6,9-11,14H2,1-2H3,(H,22,24). The molecule has 27 heavy (non-hydrogen) atoms. The van der Waals surface area contributed by atoms with Gasteiger partial charge in [0.1, 0.15) is 5.58 Å². The highest BCUT2D eigenvalue weighted by Crippen LogP contribution is 2.21. The number of rotatable bonds is 11. The summed E-state index contributed by atoms with van der Waals surface area (Å²) >= 11 is 0. The number of carbonyl (C=O) groups is 1. The average Bonchev–Trinajstić information content (AvgIpc) is 2.63. The maximum Gasteiger partial charge on any atom is 0.411 e. The fourth-order valence-corrected chi connectivity index (χ4v) is 2.61. The van der Waals surface area contributed by atoms with Crippen molar-refractivity contribution >= 4 is 22.7 Å². The lowest BCUT2D eigenvalue weighted by Gasteiger charge is -2.09. The highest BCUT2D eigenvalue weighted by Gasteiger charge is 2.08. The van der Waals surface area contributed by atoms with E-state index in [-0.39, 0.29) is 6.61 Å². The molecular formula is C20H28N2O5. The summed E-state index contributed by atoms with van der Waals surface area (Å²) in [5.74, 6) is 0. The van der Waals surface area contributed by atoms with Crippen LogP contribution >= 0.6 is 0 Å². The molecule has 0 bridgehead atoms. The zero-order valence-electron chi connectivity index (χ0n) is 16.0. The monoisotopic (exact) mass is 376 g/mol. The Morgan fingerprint density at radius 2 is 1.96 bits per heavy atom. The summed E-state index contributed by atoms with van der Waals surface area (Å²) in [6, 6.07) is 6.69. The predicted molar refractivity (Wildman–Crippen MR) is 105 cm³/mol. The minimum absolute atomic E-state index is 0.286. The van der Waals surface area contributed by atoms with Crippen molar-refractivity contribution in [2.24, 2.45) is 0 Å². The number of hydrogen-bond acceptors (Lipinski definition) is 6. The summed E-state index contributed by atoms with van der Waals surface area (Å²) in [4.78, 5) is 23.4. The highest BCUT2D eigenvalue weighted by molar-refractivity contribution is 5.89. The molecule has 7 nitrogen and oxygen atoms in total. The smallest absolute Gasteiger partial charge is 0.411 e. The van der Waals surface area contributed by atoms with E-state index in [1.54, 1.807) is 19.1 Å². The second-order valence-corrected chi connectivity index (χ2v) is 6.14. The van der Waals surface area contributed by atoms with E-state index in [1.807, 2.05) is 6.07 Å². The van der Waals surface area contributed by atoms with Crippen molar-refractivity contribution < 1.29 is 18.7 Å². The number of nitrogens with one attached hydrogen (secondary N) is 2. The van der Waals surface area contributed by atoms with Gasteiger partial charge in [-0.05, 0) is 44.0 Å². The first-order valence-corrected chi connectivity index (χ1v) is 9.43. The van der Waals surface area contributed by atoms with E-state index in [4.69, 9.17) is 13.9 Å². The molecule has 2 N–H and O–H groups in total. The number of ether oxygens (including phenoxy) is 2. The maximum absolute atomic E-state index is 11.8. The van der Waals surface area contributed by atoms with Crippen LogP contribution in [0.1, 0.15) is 38.7 Å². The fraction of sp³-hybridized carbons (Fsp3) is 0.500. The Balaban J connectivity index is 1.94. The normalized spacial score (nSPS) is 10.9. The zero-order chi connectivity index (χ0) is 19.5. The molecule has 0 spiro atoms. The molecule has 2 rings (SSSR count). The molecule has 1 heterocycles. The van der Waals surface area contributed by atoms with E-state index in [2.05, 4.69) is 17.6 Å². The predicted octanol–water partition coefficient (Wildman–Crippen LogP) is 3.66. The van der Waals surface area contributed by atoms with Gasteiger partial charge in [0.25, 0.3) is 0 Å². The van der Waals surface area contributed by atoms with Gasteiger partial charge < -0.3 is 19.2 Å². The Labute approximate surface area is 159 Å². The van der Waals surface area contributed by atoms with Gasteiger partial charge >= 0.3 is 11.7 Å². The van der Waals surface area contributed by atoms with E-state index in [0.717, 1.165) is 50.0 Å². The molecule has 7 heteroatoms. The first-order valence-electron chi connectivity index (χ1n) is 9.43. The molecule has 2 aromatic rings. The third-order valence-electron chi connectivity index (χ3n) is 3.95. The van der Waals surface area contributed by atoms with Crippen LogP contribution in [-0.2, 0) is 16.0 Å². The summed E-state index contributed by atoms with van der Waals surface area (Å²) in [5, 5.41) is 6.76. The quantitative estimate of drug-likeness (QED) is 0.459. The Morgan fingerprint density at radius 3 is 2.74 bits per heavy atom. The summed E-state index contributed by atoms with van der Waals surface area (Å²) in [6.45, 7) is 7.06. The van der Waals surface area contributed by atoms with Crippen molar-refractivity contribution in [3.05, 3.63) is 40.2 Å². The number of anilines is 1. The van der Waals surface area contributed by atoms with Crippen LogP contribution in [0.15, 0.2) is 33.5 Å². The molecule has 0 aliphatic rings. The fourth-order valence-electron chi connectivity index (χ4n) is 2.61. The number of benzene rings is 1. The van der Waals surface area contributed by atoms with E-state index in [0.29, 0.717) is 17.8 Å². The van der Waals surface area contributed by atoms with Gasteiger partial charge in [0.2, 0.25) is 0 Å². The van der Waals surface area contributed by atoms with Gasteiger partial charge in [0.15, 0.2) is 0 Å². The second kappa shape index (κ2) is 11.4. The third-order valence-corrected chi connectivity index (χ3v) is 3.95. The lowest BCUT2D eigenvalue weighted by atomic mass is 10.1. The summed E-state index contributed by atoms with van der Waals surface area (Å²) in [7, 11) is 0. The van der Waals surface area contributed by atoms with Gasteiger partial charge in [-0.3, -0.25) is 5.32 Å². The lowest BCUT2D eigenvalue weighted by Crippen LogP contribution is -2.18. The van der Waals surface area contributed by atoms with Crippen LogP contribution in [0.4, 0.5) is 10.5 Å². The van der Waals surface area contributed by atoms with Gasteiger partial charge in [-0.25, -0.2) is 9.59 Å². The first kappa shape index (κ1) is 20.9. The summed E-state index contributed by atoms with van der Waals surface area (Å²) in [6.07, 6.45) is 2.60. The number of hydrogen-bond donors (Lipinski definition) is 2. The topological polar surface area (TPSA) is 89.8 Å². The van der Waals surface area contributed by atoms with Crippen molar-refractivity contribution in [2.75, 3.05) is 31.7 Å². The third kappa shape index (κ3) is 7.03. The van der Waals surface area contributed by atoms with Gasteiger partial charge in [0, 0.05) is 43.0 Å². The van der Waals surface area contributed by atoms with Gasteiger partial charge in [-0.2, -0.15) is 0 Å². The number of amides is 1. The van der Waals surface area contributed by atoms with E-state index < -0.39 is 11.7 Å². The van der Waals surface area contributed by atoms with Gasteiger partial charge in [-0.1, -0.05) is 13.3 Å². The van der Waals surface area contributed by atoms with Crippen LogP contribution in [0.2, 0.25) is 0 Å². The summed E-state index contributed by atoms with van der Waals surface area (Å²) in [5.41, 5.74) is 1.38. The zero-order valence-corrected chi connectivity index (χ0v) is 16.0. The molecule has 1 amide bonds. The Kier molecular flexibility index (Phi) is 8.80. The molecule has 0 radical (unpaired) electrons. The Morgan fingerprint density at radius 1 is 1.15 bits per heavy atom. The number of fused-ring (bicyclic) bond motifs is 1. The second-order valence-electron chi connectivity index (χ2n) is 6.14.